The van der Waals surface area contributed by atoms with Crippen LogP contribution in [0.4, 0.5) is 5.82 Å². The summed E-state index contributed by atoms with van der Waals surface area (Å²) in [5, 5.41) is 9.49. The first-order chi connectivity index (χ1) is 13.7. The first-order valence-electron chi connectivity index (χ1n) is 10.2. The van der Waals surface area contributed by atoms with Crippen LogP contribution < -0.4 is 10.2 Å². The van der Waals surface area contributed by atoms with Crippen LogP contribution in [0.1, 0.15) is 6.42 Å². The highest BCUT2D eigenvalue weighted by Crippen LogP contribution is 2.27. The van der Waals surface area contributed by atoms with Crippen LogP contribution in [0.5, 0.6) is 0 Å². The monoisotopic (exact) mass is 508 g/mol. The first kappa shape index (κ1) is 26.4. The third-order valence-electron chi connectivity index (χ3n) is 6.34. The van der Waals surface area contributed by atoms with E-state index in [4.69, 9.17) is 5.10 Å². The van der Waals surface area contributed by atoms with Gasteiger partial charge in [-0.05, 0) is 18.6 Å². The van der Waals surface area contributed by atoms with Crippen LogP contribution in [0, 0.1) is 0 Å². The number of halogens is 3. The van der Waals surface area contributed by atoms with Crippen LogP contribution in [-0.2, 0) is 11.8 Å². The minimum Gasteiger partial charge on any atom is -0.352 e. The number of carbonyl (C=O) groups is 1. The number of aryl methyl sites for hydroxylation is 1. The molecule has 174 valence electrons. The van der Waals surface area contributed by atoms with Crippen LogP contribution >= 0.6 is 49.0 Å². The molecule has 3 aliphatic rings. The zero-order valence-electron chi connectivity index (χ0n) is 17.6. The smallest absolute Gasteiger partial charge is 0.240 e. The van der Waals surface area contributed by atoms with Gasteiger partial charge in [0.1, 0.15) is 0 Å². The first-order valence-corrected chi connectivity index (χ1v) is 11.4. The summed E-state index contributed by atoms with van der Waals surface area (Å²) in [6, 6.07) is 8.91. The third-order valence-corrected chi connectivity index (χ3v) is 7.30. The molecule has 3 aliphatic heterocycles. The van der Waals surface area contributed by atoms with E-state index in [1.54, 1.807) is 0 Å². The lowest BCUT2D eigenvalue weighted by Gasteiger charge is -2.38. The van der Waals surface area contributed by atoms with Gasteiger partial charge in [-0.3, -0.25) is 14.4 Å². The summed E-state index contributed by atoms with van der Waals surface area (Å²) in [5.41, 5.74) is 1.18. The second kappa shape index (κ2) is 11.3. The van der Waals surface area contributed by atoms with Crippen LogP contribution in [0.25, 0.3) is 10.9 Å². The predicted octanol–water partition coefficient (Wildman–Crippen LogP) is 2.22. The lowest BCUT2D eigenvalue weighted by molar-refractivity contribution is -0.131. The molecule has 1 N–H and O–H groups in total. The number of piperazine rings is 1. The summed E-state index contributed by atoms with van der Waals surface area (Å²) < 4.78 is 1.98. The standard InChI is InChI=1S/C20H28N6OS.3ClH/c1-23-18-5-3-2-4-16(18)19(22-23)25-8-6-24(7-9-25)15-12-17(21-13-15)20(27)26-10-11-28-14-26;;;/h2-5,15,17,21H,6-14H2,1H3;3*1H/t15-,17-;;;/m0.../s1. The van der Waals surface area contributed by atoms with E-state index in [-0.39, 0.29) is 43.3 Å². The molecule has 0 radical (unpaired) electrons. The Morgan fingerprint density at radius 1 is 1.10 bits per heavy atom. The Balaban J connectivity index is 0.00000114. The van der Waals surface area contributed by atoms with Crippen LogP contribution in [-0.4, -0.2) is 88.5 Å². The third kappa shape index (κ3) is 5.20. The second-order valence-electron chi connectivity index (χ2n) is 7.98. The van der Waals surface area contributed by atoms with Gasteiger partial charge in [-0.1, -0.05) is 12.1 Å². The fraction of sp³-hybridized carbons (Fsp3) is 0.600. The Morgan fingerprint density at radius 3 is 2.55 bits per heavy atom. The van der Waals surface area contributed by atoms with E-state index >= 15 is 0 Å². The van der Waals surface area contributed by atoms with Crippen LogP contribution in [0.15, 0.2) is 24.3 Å². The van der Waals surface area contributed by atoms with Gasteiger partial charge in [-0.15, -0.1) is 49.0 Å². The van der Waals surface area contributed by atoms with Gasteiger partial charge in [0.25, 0.3) is 0 Å². The molecule has 0 unspecified atom stereocenters. The average molecular weight is 510 g/mol. The Labute approximate surface area is 206 Å². The molecule has 0 bridgehead atoms. The number of anilines is 1. The van der Waals surface area contributed by atoms with E-state index in [1.807, 2.05) is 28.4 Å². The van der Waals surface area contributed by atoms with Crippen molar-refractivity contribution >= 4 is 71.6 Å². The molecule has 1 aromatic carbocycles. The summed E-state index contributed by atoms with van der Waals surface area (Å²) >= 11 is 1.85. The number of thioether (sulfide) groups is 1. The van der Waals surface area contributed by atoms with Crippen molar-refractivity contribution in [3.8, 4) is 0 Å². The topological polar surface area (TPSA) is 56.6 Å². The van der Waals surface area contributed by atoms with Crippen molar-refractivity contribution in [2.75, 3.05) is 55.8 Å². The molecule has 1 amide bonds. The predicted molar refractivity (Wildman–Crippen MR) is 135 cm³/mol. The van der Waals surface area contributed by atoms with Crippen molar-refractivity contribution in [1.82, 2.24) is 24.9 Å². The number of aromatic nitrogens is 2. The number of fused-ring (bicyclic) bond motifs is 1. The highest BCUT2D eigenvalue weighted by atomic mass is 35.5. The maximum atomic E-state index is 12.7. The van der Waals surface area contributed by atoms with E-state index < -0.39 is 0 Å². The van der Waals surface area contributed by atoms with Gasteiger partial charge in [0, 0.05) is 63.5 Å². The van der Waals surface area contributed by atoms with E-state index in [9.17, 15) is 4.79 Å². The summed E-state index contributed by atoms with van der Waals surface area (Å²) in [5.74, 6) is 3.33. The summed E-state index contributed by atoms with van der Waals surface area (Å²) in [7, 11) is 2.02. The van der Waals surface area contributed by atoms with Gasteiger partial charge in [0.15, 0.2) is 5.82 Å². The molecule has 0 saturated carbocycles. The Bertz CT molecular complexity index is 870. The fourth-order valence-corrected chi connectivity index (χ4v) is 5.67. The van der Waals surface area contributed by atoms with Crippen molar-refractivity contribution in [2.24, 2.45) is 7.05 Å². The number of hydrogen-bond acceptors (Lipinski definition) is 6. The van der Waals surface area contributed by atoms with Gasteiger partial charge in [0.05, 0.1) is 17.4 Å². The van der Waals surface area contributed by atoms with Gasteiger partial charge >= 0.3 is 0 Å². The minimum atomic E-state index is 0. The summed E-state index contributed by atoms with van der Waals surface area (Å²) in [4.78, 5) is 19.6. The lowest BCUT2D eigenvalue weighted by atomic mass is 10.1. The second-order valence-corrected chi connectivity index (χ2v) is 9.05. The number of benzene rings is 1. The highest BCUT2D eigenvalue weighted by molar-refractivity contribution is 7.99. The lowest BCUT2D eigenvalue weighted by Crippen LogP contribution is -2.51. The molecule has 3 saturated heterocycles. The average Bonchev–Trinajstić information content (AvgIpc) is 3.49. The Morgan fingerprint density at radius 2 is 1.84 bits per heavy atom. The molecule has 31 heavy (non-hydrogen) atoms. The molecule has 1 aromatic heterocycles. The van der Waals surface area contributed by atoms with E-state index in [2.05, 4.69) is 39.4 Å². The molecule has 7 nitrogen and oxygen atoms in total. The Kier molecular flexibility index (Phi) is 9.60. The largest absolute Gasteiger partial charge is 0.352 e. The van der Waals surface area contributed by atoms with Crippen molar-refractivity contribution < 1.29 is 4.79 Å². The molecular formula is C20H31Cl3N6OS. The van der Waals surface area contributed by atoms with Crippen molar-refractivity contribution in [1.29, 1.82) is 0 Å². The van der Waals surface area contributed by atoms with Gasteiger partial charge in [-0.25, -0.2) is 0 Å². The van der Waals surface area contributed by atoms with E-state index in [0.717, 1.165) is 63.1 Å². The van der Waals surface area contributed by atoms with Crippen molar-refractivity contribution in [3.05, 3.63) is 24.3 Å². The molecule has 5 rings (SSSR count). The number of amides is 1. The molecule has 4 heterocycles. The number of carbonyl (C=O) groups excluding carboxylic acids is 1. The molecular weight excluding hydrogens is 479 g/mol. The number of hydrogen-bond donors (Lipinski definition) is 1. The normalized spacial score (nSPS) is 23.9. The van der Waals surface area contributed by atoms with Gasteiger partial charge in [0.2, 0.25) is 5.91 Å². The number of nitrogens with one attached hydrogen (secondary N) is 1. The molecule has 3 fully saturated rings. The van der Waals surface area contributed by atoms with Crippen LogP contribution in [0.3, 0.4) is 0 Å². The number of nitrogens with zero attached hydrogens (tertiary/aromatic N) is 5. The zero-order chi connectivity index (χ0) is 19.1. The zero-order valence-corrected chi connectivity index (χ0v) is 20.9. The maximum absolute atomic E-state index is 12.7. The fourth-order valence-electron chi connectivity index (χ4n) is 4.72. The number of para-hydroxylation sites is 1. The van der Waals surface area contributed by atoms with Crippen LogP contribution in [0.2, 0.25) is 0 Å². The summed E-state index contributed by atoms with van der Waals surface area (Å²) in [6.45, 7) is 5.85. The maximum Gasteiger partial charge on any atom is 0.240 e. The van der Waals surface area contributed by atoms with Gasteiger partial charge < -0.3 is 15.1 Å². The SMILES string of the molecule is Cl.Cl.Cl.Cn1nc(N2CCN([C@@H]3CN[C@H](C(=O)N4CCSC4)C3)CC2)c2ccccc21. The molecule has 2 aromatic rings. The molecule has 2 atom stereocenters. The highest BCUT2D eigenvalue weighted by Gasteiger charge is 2.36. The quantitative estimate of drug-likeness (QED) is 0.685. The minimum absolute atomic E-state index is 0. The molecule has 11 heteroatoms. The van der Waals surface area contributed by atoms with Crippen molar-refractivity contribution in [2.45, 2.75) is 18.5 Å². The molecule has 0 spiro atoms. The van der Waals surface area contributed by atoms with E-state index in [1.165, 1.54) is 10.9 Å². The molecule has 0 aliphatic carbocycles. The number of rotatable bonds is 3. The Hall–Kier alpha value is -0.900. The van der Waals surface area contributed by atoms with Crippen molar-refractivity contribution in [3.63, 3.8) is 0 Å². The summed E-state index contributed by atoms with van der Waals surface area (Å²) in [6.07, 6.45) is 0.937. The van der Waals surface area contributed by atoms with Gasteiger partial charge in [-0.2, -0.15) is 5.10 Å². The van der Waals surface area contributed by atoms with E-state index in [0.29, 0.717) is 11.9 Å².